The Bertz CT molecular complexity index is 720. The fraction of sp³-hybridized carbons (Fsp3) is 0.412. The van der Waals surface area contributed by atoms with Crippen LogP contribution in [0.25, 0.3) is 5.69 Å². The van der Waals surface area contributed by atoms with E-state index in [0.29, 0.717) is 10.7 Å². The molecule has 0 saturated heterocycles. The first-order valence-corrected chi connectivity index (χ1v) is 8.18. The second-order valence-corrected chi connectivity index (χ2v) is 6.56. The highest BCUT2D eigenvalue weighted by Gasteiger charge is 2.31. The van der Waals surface area contributed by atoms with Crippen molar-refractivity contribution >= 4 is 17.5 Å². The van der Waals surface area contributed by atoms with Gasteiger partial charge in [0.1, 0.15) is 0 Å². The second kappa shape index (κ2) is 6.34. The van der Waals surface area contributed by atoms with E-state index in [-0.39, 0.29) is 12.5 Å². The number of nitrogens with zero attached hydrogens (tertiary/aromatic N) is 2. The van der Waals surface area contributed by atoms with Gasteiger partial charge in [0.05, 0.1) is 16.3 Å². The maximum absolute atomic E-state index is 12.3. The summed E-state index contributed by atoms with van der Waals surface area (Å²) in [5, 5.41) is 18.0. The fourth-order valence-corrected chi connectivity index (χ4v) is 3.21. The summed E-state index contributed by atoms with van der Waals surface area (Å²) in [7, 11) is 0. The van der Waals surface area contributed by atoms with Gasteiger partial charge in [0, 0.05) is 12.2 Å². The maximum atomic E-state index is 12.3. The van der Waals surface area contributed by atoms with Crippen LogP contribution in [0.3, 0.4) is 0 Å². The number of amides is 1. The van der Waals surface area contributed by atoms with E-state index < -0.39 is 5.60 Å². The first-order valence-electron chi connectivity index (χ1n) is 7.81. The minimum absolute atomic E-state index is 0.268. The molecular weight excluding hydrogens is 314 g/mol. The Kier molecular flexibility index (Phi) is 4.41. The molecule has 1 fully saturated rings. The third-order valence-electron chi connectivity index (χ3n) is 4.31. The molecule has 1 amide bonds. The van der Waals surface area contributed by atoms with Crippen LogP contribution in [0.4, 0.5) is 0 Å². The number of rotatable bonds is 4. The van der Waals surface area contributed by atoms with E-state index in [2.05, 4.69) is 10.4 Å². The van der Waals surface area contributed by atoms with Crippen LogP contribution in [0.5, 0.6) is 0 Å². The van der Waals surface area contributed by atoms with Gasteiger partial charge in [0.15, 0.2) is 5.69 Å². The first-order chi connectivity index (χ1) is 11.0. The molecule has 122 valence electrons. The Morgan fingerprint density at radius 2 is 2.09 bits per heavy atom. The number of carbonyl (C=O) groups excluding carboxylic acids is 1. The fourth-order valence-electron chi connectivity index (χ4n) is 3.00. The van der Waals surface area contributed by atoms with Crippen LogP contribution in [-0.2, 0) is 0 Å². The van der Waals surface area contributed by atoms with E-state index >= 15 is 0 Å². The van der Waals surface area contributed by atoms with Crippen molar-refractivity contribution < 1.29 is 9.90 Å². The zero-order valence-corrected chi connectivity index (χ0v) is 13.8. The molecule has 0 unspecified atom stereocenters. The third kappa shape index (κ3) is 3.41. The van der Waals surface area contributed by atoms with E-state index in [4.69, 9.17) is 11.6 Å². The van der Waals surface area contributed by atoms with Gasteiger partial charge in [-0.3, -0.25) is 4.79 Å². The molecule has 0 aliphatic heterocycles. The molecule has 0 atom stereocenters. The number of para-hydroxylation sites is 1. The lowest BCUT2D eigenvalue weighted by molar-refractivity contribution is 0.0448. The number of nitrogens with one attached hydrogen (secondary N) is 1. The van der Waals surface area contributed by atoms with Gasteiger partial charge in [-0.05, 0) is 38.0 Å². The smallest absolute Gasteiger partial charge is 0.271 e. The Morgan fingerprint density at radius 1 is 1.39 bits per heavy atom. The average Bonchev–Trinajstić information content (AvgIpc) is 3.12. The first kappa shape index (κ1) is 16.0. The number of aryl methyl sites for hydroxylation is 1. The highest BCUT2D eigenvalue weighted by molar-refractivity contribution is 6.32. The summed E-state index contributed by atoms with van der Waals surface area (Å²) in [6, 6.07) is 9.08. The molecule has 2 N–H and O–H groups in total. The summed E-state index contributed by atoms with van der Waals surface area (Å²) < 4.78 is 1.65. The van der Waals surface area contributed by atoms with Crippen LogP contribution in [0.1, 0.15) is 41.9 Å². The summed E-state index contributed by atoms with van der Waals surface area (Å²) in [5.74, 6) is -0.278. The molecule has 1 saturated carbocycles. The summed E-state index contributed by atoms with van der Waals surface area (Å²) in [4.78, 5) is 12.3. The maximum Gasteiger partial charge on any atom is 0.271 e. The van der Waals surface area contributed by atoms with Crippen molar-refractivity contribution in [3.8, 4) is 5.69 Å². The molecule has 0 bridgehead atoms. The minimum Gasteiger partial charge on any atom is -0.388 e. The third-order valence-corrected chi connectivity index (χ3v) is 4.63. The lowest BCUT2D eigenvalue weighted by Crippen LogP contribution is -2.40. The number of aliphatic hydroxyl groups is 1. The highest BCUT2D eigenvalue weighted by Crippen LogP contribution is 2.28. The number of halogens is 1. The summed E-state index contributed by atoms with van der Waals surface area (Å²) in [6.45, 7) is 2.14. The molecule has 23 heavy (non-hydrogen) atoms. The van der Waals surface area contributed by atoms with E-state index in [1.807, 2.05) is 25.1 Å². The van der Waals surface area contributed by atoms with Crippen molar-refractivity contribution in [1.29, 1.82) is 0 Å². The molecule has 0 radical (unpaired) electrons. The second-order valence-electron chi connectivity index (χ2n) is 6.15. The molecule has 5 nitrogen and oxygen atoms in total. The predicted molar refractivity (Wildman–Crippen MR) is 89.1 cm³/mol. The van der Waals surface area contributed by atoms with Crippen LogP contribution in [0, 0.1) is 6.92 Å². The Balaban J connectivity index is 1.75. The Hall–Kier alpha value is -1.85. The van der Waals surface area contributed by atoms with Gasteiger partial charge in [-0.15, -0.1) is 0 Å². The Morgan fingerprint density at radius 3 is 2.78 bits per heavy atom. The van der Waals surface area contributed by atoms with Gasteiger partial charge < -0.3 is 10.4 Å². The standard InChI is InChI=1S/C17H20ClN3O2/c1-12-10-14(16(22)19-11-17(23)8-4-5-9-17)20-21(12)15-7-3-2-6-13(15)18/h2-3,6-7,10,23H,4-5,8-9,11H2,1H3,(H,19,22). The SMILES string of the molecule is Cc1cc(C(=O)NCC2(O)CCCC2)nn1-c1ccccc1Cl. The molecule has 1 aliphatic carbocycles. The topological polar surface area (TPSA) is 67.2 Å². The lowest BCUT2D eigenvalue weighted by atomic mass is 10.0. The number of aromatic nitrogens is 2. The lowest BCUT2D eigenvalue weighted by Gasteiger charge is -2.21. The van der Waals surface area contributed by atoms with E-state index in [9.17, 15) is 9.90 Å². The molecule has 1 heterocycles. The van der Waals surface area contributed by atoms with Gasteiger partial charge >= 0.3 is 0 Å². The normalized spacial score (nSPS) is 16.5. The molecule has 1 aromatic carbocycles. The van der Waals surface area contributed by atoms with Gasteiger partial charge in [-0.1, -0.05) is 36.6 Å². The van der Waals surface area contributed by atoms with Crippen LogP contribution >= 0.6 is 11.6 Å². The molecule has 1 aromatic heterocycles. The van der Waals surface area contributed by atoms with Crippen LogP contribution < -0.4 is 5.32 Å². The highest BCUT2D eigenvalue weighted by atomic mass is 35.5. The zero-order valence-electron chi connectivity index (χ0n) is 13.1. The van der Waals surface area contributed by atoms with Crippen molar-refractivity contribution in [1.82, 2.24) is 15.1 Å². The molecule has 0 spiro atoms. The minimum atomic E-state index is -0.768. The quantitative estimate of drug-likeness (QED) is 0.904. The molecule has 6 heteroatoms. The van der Waals surface area contributed by atoms with Crippen molar-refractivity contribution in [3.63, 3.8) is 0 Å². The molecule has 2 aromatic rings. The van der Waals surface area contributed by atoms with Crippen LogP contribution in [-0.4, -0.2) is 32.9 Å². The zero-order chi connectivity index (χ0) is 16.4. The van der Waals surface area contributed by atoms with Crippen molar-refractivity contribution in [2.24, 2.45) is 0 Å². The summed E-state index contributed by atoms with van der Waals surface area (Å²) in [5.41, 5.74) is 1.11. The van der Waals surface area contributed by atoms with Gasteiger partial charge in [0.25, 0.3) is 5.91 Å². The summed E-state index contributed by atoms with van der Waals surface area (Å²) in [6.07, 6.45) is 3.49. The molecule has 3 rings (SSSR count). The predicted octanol–water partition coefficient (Wildman–Crippen LogP) is 2.87. The number of hydrogen-bond acceptors (Lipinski definition) is 3. The largest absolute Gasteiger partial charge is 0.388 e. The number of benzene rings is 1. The van der Waals surface area contributed by atoms with Gasteiger partial charge in [-0.25, -0.2) is 4.68 Å². The van der Waals surface area contributed by atoms with E-state index in [1.165, 1.54) is 0 Å². The summed E-state index contributed by atoms with van der Waals surface area (Å²) >= 11 is 6.19. The van der Waals surface area contributed by atoms with E-state index in [1.54, 1.807) is 16.8 Å². The Labute approximate surface area is 140 Å². The van der Waals surface area contributed by atoms with Crippen molar-refractivity contribution in [2.45, 2.75) is 38.2 Å². The van der Waals surface area contributed by atoms with Gasteiger partial charge in [0.2, 0.25) is 0 Å². The van der Waals surface area contributed by atoms with Crippen LogP contribution in [0.15, 0.2) is 30.3 Å². The molecule has 1 aliphatic rings. The van der Waals surface area contributed by atoms with Crippen LogP contribution in [0.2, 0.25) is 5.02 Å². The molecular formula is C17H20ClN3O2. The monoisotopic (exact) mass is 333 g/mol. The van der Waals surface area contributed by atoms with E-state index in [0.717, 1.165) is 37.1 Å². The average molecular weight is 334 g/mol. The number of hydrogen-bond donors (Lipinski definition) is 2. The van der Waals surface area contributed by atoms with Crippen molar-refractivity contribution in [3.05, 3.63) is 46.7 Å². The van der Waals surface area contributed by atoms with Gasteiger partial charge in [-0.2, -0.15) is 5.10 Å². The number of carbonyl (C=O) groups is 1. The van der Waals surface area contributed by atoms with Crippen molar-refractivity contribution in [2.75, 3.05) is 6.54 Å².